The van der Waals surface area contributed by atoms with E-state index in [9.17, 15) is 0 Å². The van der Waals surface area contributed by atoms with E-state index in [1.54, 1.807) is 6.07 Å². The summed E-state index contributed by atoms with van der Waals surface area (Å²) in [5.41, 5.74) is 5.88. The number of hydrogen-bond donors (Lipinski definition) is 1. The van der Waals surface area contributed by atoms with Crippen LogP contribution in [-0.4, -0.2) is 24.9 Å². The summed E-state index contributed by atoms with van der Waals surface area (Å²) in [4.78, 5) is 0. The molecule has 0 bridgehead atoms. The summed E-state index contributed by atoms with van der Waals surface area (Å²) in [6.07, 6.45) is 0.838. The van der Waals surface area contributed by atoms with Crippen LogP contribution >= 0.6 is 27.5 Å². The van der Waals surface area contributed by atoms with Crippen LogP contribution in [0.3, 0.4) is 0 Å². The van der Waals surface area contributed by atoms with E-state index in [1.807, 2.05) is 19.1 Å². The first kappa shape index (κ1) is 13.1. The molecule has 0 spiro atoms. The maximum absolute atomic E-state index is 5.88. The number of benzene rings is 1. The van der Waals surface area contributed by atoms with Crippen LogP contribution in [0, 0.1) is 0 Å². The third-order valence-corrected chi connectivity index (χ3v) is 3.68. The molecule has 0 heterocycles. The van der Waals surface area contributed by atoms with E-state index >= 15 is 0 Å². The number of ether oxygens (including phenoxy) is 2. The summed E-state index contributed by atoms with van der Waals surface area (Å²) in [5, 5.41) is 0.677. The number of hydrogen-bond acceptors (Lipinski definition) is 3. The Hall–Kier alpha value is -0.290. The first-order chi connectivity index (χ1) is 8.11. The van der Waals surface area contributed by atoms with E-state index in [0.29, 0.717) is 11.6 Å². The van der Waals surface area contributed by atoms with Crippen LogP contribution in [0.2, 0.25) is 5.02 Å². The second-order valence-corrected chi connectivity index (χ2v) is 5.34. The van der Waals surface area contributed by atoms with Crippen molar-refractivity contribution in [1.82, 2.24) is 0 Å². The van der Waals surface area contributed by atoms with Gasteiger partial charge in [-0.05, 0) is 41.1 Å². The summed E-state index contributed by atoms with van der Waals surface area (Å²) in [5.74, 6) is 0.774. The minimum atomic E-state index is -0.0115. The Balaban J connectivity index is 2.01. The van der Waals surface area contributed by atoms with Crippen LogP contribution < -0.4 is 10.5 Å². The van der Waals surface area contributed by atoms with Gasteiger partial charge in [0.25, 0.3) is 0 Å². The van der Waals surface area contributed by atoms with Crippen molar-refractivity contribution in [2.24, 2.45) is 5.73 Å². The molecule has 1 fully saturated rings. The van der Waals surface area contributed by atoms with E-state index in [0.717, 1.165) is 16.6 Å². The zero-order valence-corrected chi connectivity index (χ0v) is 11.9. The summed E-state index contributed by atoms with van der Waals surface area (Å²) in [6, 6.07) is 5.53. The molecule has 94 valence electrons. The molecule has 5 heteroatoms. The molecular formula is C12H15BrClNO2. The van der Waals surface area contributed by atoms with Crippen molar-refractivity contribution in [3.05, 3.63) is 27.7 Å². The molecule has 3 nitrogen and oxygen atoms in total. The van der Waals surface area contributed by atoms with Crippen LogP contribution in [0.1, 0.15) is 13.3 Å². The molecule has 1 aromatic carbocycles. The molecule has 3 atom stereocenters. The van der Waals surface area contributed by atoms with Crippen LogP contribution in [0.4, 0.5) is 0 Å². The van der Waals surface area contributed by atoms with Crippen molar-refractivity contribution in [2.45, 2.75) is 31.6 Å². The SMILES string of the molecule is CCOC1C(N)CC1Oc1ccc(Cl)cc1Br. The summed E-state index contributed by atoms with van der Waals surface area (Å²) < 4.78 is 12.3. The number of nitrogens with two attached hydrogens (primary N) is 1. The molecule has 0 radical (unpaired) electrons. The van der Waals surface area contributed by atoms with Crippen molar-refractivity contribution >= 4 is 27.5 Å². The van der Waals surface area contributed by atoms with E-state index in [4.69, 9.17) is 26.8 Å². The standard InChI is InChI=1S/C12H15BrClNO2/c1-2-16-12-9(15)6-11(12)17-10-4-3-7(14)5-8(10)13/h3-5,9,11-12H,2,6,15H2,1H3. The maximum atomic E-state index is 5.88. The van der Waals surface area contributed by atoms with Gasteiger partial charge < -0.3 is 15.2 Å². The van der Waals surface area contributed by atoms with E-state index in [2.05, 4.69) is 15.9 Å². The average molecular weight is 321 g/mol. The van der Waals surface area contributed by atoms with Gasteiger partial charge in [-0.25, -0.2) is 0 Å². The first-order valence-corrected chi connectivity index (χ1v) is 6.77. The lowest BCUT2D eigenvalue weighted by Crippen LogP contribution is -2.59. The van der Waals surface area contributed by atoms with Gasteiger partial charge in [-0.3, -0.25) is 0 Å². The Labute approximate surface area is 114 Å². The molecule has 2 N–H and O–H groups in total. The smallest absolute Gasteiger partial charge is 0.134 e. The van der Waals surface area contributed by atoms with Crippen LogP contribution in [0.15, 0.2) is 22.7 Å². The molecule has 1 aliphatic rings. The largest absolute Gasteiger partial charge is 0.486 e. The average Bonchev–Trinajstić information content (AvgIpc) is 2.28. The van der Waals surface area contributed by atoms with Crippen LogP contribution in [0.5, 0.6) is 5.75 Å². The second-order valence-electron chi connectivity index (χ2n) is 4.05. The zero-order valence-electron chi connectivity index (χ0n) is 9.53. The number of rotatable bonds is 4. The normalized spacial score (nSPS) is 27.6. The predicted molar refractivity (Wildman–Crippen MR) is 71.6 cm³/mol. The van der Waals surface area contributed by atoms with Gasteiger partial charge in [-0.2, -0.15) is 0 Å². The Morgan fingerprint density at radius 2 is 2.29 bits per heavy atom. The second kappa shape index (κ2) is 5.57. The van der Waals surface area contributed by atoms with E-state index in [-0.39, 0.29) is 18.2 Å². The summed E-state index contributed by atoms with van der Waals surface area (Å²) >= 11 is 9.29. The van der Waals surface area contributed by atoms with Gasteiger partial charge in [-0.15, -0.1) is 0 Å². The van der Waals surface area contributed by atoms with Crippen molar-refractivity contribution in [3.8, 4) is 5.75 Å². The van der Waals surface area contributed by atoms with Crippen molar-refractivity contribution in [3.63, 3.8) is 0 Å². The molecule has 1 aliphatic carbocycles. The first-order valence-electron chi connectivity index (χ1n) is 5.60. The lowest BCUT2D eigenvalue weighted by Gasteiger charge is -2.41. The molecular weight excluding hydrogens is 305 g/mol. The fourth-order valence-electron chi connectivity index (χ4n) is 1.89. The molecule has 2 rings (SSSR count). The predicted octanol–water partition coefficient (Wildman–Crippen LogP) is 2.99. The van der Waals surface area contributed by atoms with Crippen molar-refractivity contribution < 1.29 is 9.47 Å². The van der Waals surface area contributed by atoms with Gasteiger partial charge in [0, 0.05) is 24.1 Å². The lowest BCUT2D eigenvalue weighted by atomic mass is 9.86. The molecule has 0 amide bonds. The van der Waals surface area contributed by atoms with E-state index < -0.39 is 0 Å². The van der Waals surface area contributed by atoms with Crippen LogP contribution in [0.25, 0.3) is 0 Å². The third kappa shape index (κ3) is 2.94. The van der Waals surface area contributed by atoms with Crippen molar-refractivity contribution in [1.29, 1.82) is 0 Å². The minimum absolute atomic E-state index is 0.0115. The lowest BCUT2D eigenvalue weighted by molar-refractivity contribution is -0.0947. The quantitative estimate of drug-likeness (QED) is 0.927. The van der Waals surface area contributed by atoms with Gasteiger partial charge in [0.05, 0.1) is 4.47 Å². The topological polar surface area (TPSA) is 44.5 Å². The van der Waals surface area contributed by atoms with Crippen molar-refractivity contribution in [2.75, 3.05) is 6.61 Å². The van der Waals surface area contributed by atoms with Gasteiger partial charge in [0.2, 0.25) is 0 Å². The Morgan fingerprint density at radius 3 is 2.88 bits per heavy atom. The molecule has 0 saturated heterocycles. The van der Waals surface area contributed by atoms with Gasteiger partial charge >= 0.3 is 0 Å². The molecule has 3 unspecified atom stereocenters. The fraction of sp³-hybridized carbons (Fsp3) is 0.500. The monoisotopic (exact) mass is 319 g/mol. The summed E-state index contributed by atoms with van der Waals surface area (Å²) in [7, 11) is 0. The van der Waals surface area contributed by atoms with Crippen LogP contribution in [-0.2, 0) is 4.74 Å². The highest BCUT2D eigenvalue weighted by molar-refractivity contribution is 9.10. The van der Waals surface area contributed by atoms with Gasteiger partial charge in [0.15, 0.2) is 0 Å². The van der Waals surface area contributed by atoms with Gasteiger partial charge in [0.1, 0.15) is 18.0 Å². The fourth-order valence-corrected chi connectivity index (χ4v) is 2.66. The molecule has 1 aromatic rings. The highest BCUT2D eigenvalue weighted by Gasteiger charge is 2.41. The molecule has 0 aromatic heterocycles. The Morgan fingerprint density at radius 1 is 1.53 bits per heavy atom. The Bertz CT molecular complexity index is 402. The highest BCUT2D eigenvalue weighted by Crippen LogP contribution is 2.33. The molecule has 17 heavy (non-hydrogen) atoms. The molecule has 0 aliphatic heterocycles. The zero-order chi connectivity index (χ0) is 12.4. The van der Waals surface area contributed by atoms with E-state index in [1.165, 1.54) is 0 Å². The molecule has 1 saturated carbocycles. The highest BCUT2D eigenvalue weighted by atomic mass is 79.9. The van der Waals surface area contributed by atoms with Gasteiger partial charge in [-0.1, -0.05) is 11.6 Å². The minimum Gasteiger partial charge on any atom is -0.486 e. The maximum Gasteiger partial charge on any atom is 0.134 e. The number of halogens is 2. The Kier molecular flexibility index (Phi) is 4.31. The summed E-state index contributed by atoms with van der Waals surface area (Å²) in [6.45, 7) is 2.61. The third-order valence-electron chi connectivity index (χ3n) is 2.82.